The molecule has 3 aromatic rings. The van der Waals surface area contributed by atoms with Crippen LogP contribution in [0.15, 0.2) is 68.3 Å². The van der Waals surface area contributed by atoms with E-state index >= 15 is 0 Å². The summed E-state index contributed by atoms with van der Waals surface area (Å²) < 4.78 is 24.9. The third-order valence-corrected chi connectivity index (χ3v) is 6.61. The SMILES string of the molecule is C=C.C=Cc1ccc(OC(C)CC)c(C(C)C)c1.CC.CNCCc1cc2c(c(-c3ccc(F)cc3)n1)OCC2C.NC=O. The van der Waals surface area contributed by atoms with Gasteiger partial charge in [-0.1, -0.05) is 60.3 Å². The molecular weight excluding hydrogens is 553 g/mol. The van der Waals surface area contributed by atoms with E-state index in [2.05, 4.69) is 89.7 Å². The number of fused-ring (bicyclic) bond motifs is 1. The molecule has 44 heavy (non-hydrogen) atoms. The summed E-state index contributed by atoms with van der Waals surface area (Å²) in [6.07, 6.45) is 4.29. The van der Waals surface area contributed by atoms with E-state index < -0.39 is 0 Å². The lowest BCUT2D eigenvalue weighted by atomic mass is 9.99. The number of likely N-dealkylation sites (N-methyl/N-ethyl adjacent to an activating group) is 1. The number of carbonyl (C=O) groups is 1. The van der Waals surface area contributed by atoms with E-state index in [1.807, 2.05) is 27.0 Å². The predicted octanol–water partition coefficient (Wildman–Crippen LogP) is 8.71. The normalized spacial score (nSPS) is 13.0. The highest BCUT2D eigenvalue weighted by molar-refractivity contribution is 5.70. The number of benzene rings is 2. The first-order chi connectivity index (χ1) is 21.2. The molecule has 0 radical (unpaired) electrons. The van der Waals surface area contributed by atoms with Gasteiger partial charge in [0.1, 0.15) is 23.0 Å². The van der Waals surface area contributed by atoms with Gasteiger partial charge in [0, 0.05) is 35.7 Å². The molecule has 0 saturated carbocycles. The molecule has 242 valence electrons. The fourth-order valence-electron chi connectivity index (χ4n) is 4.16. The van der Waals surface area contributed by atoms with E-state index in [1.165, 1.54) is 23.3 Å². The Hall–Kier alpha value is -3.97. The van der Waals surface area contributed by atoms with Crippen LogP contribution in [0.4, 0.5) is 4.39 Å². The highest BCUT2D eigenvalue weighted by atomic mass is 19.1. The Kier molecular flexibility index (Phi) is 20.5. The minimum absolute atomic E-state index is 0.240. The molecule has 7 heteroatoms. The number of primary amides is 1. The van der Waals surface area contributed by atoms with E-state index in [1.54, 1.807) is 12.1 Å². The van der Waals surface area contributed by atoms with Crippen molar-refractivity contribution in [1.82, 2.24) is 10.3 Å². The fourth-order valence-corrected chi connectivity index (χ4v) is 4.16. The number of pyridine rings is 1. The second-order valence-electron chi connectivity index (χ2n) is 10.1. The van der Waals surface area contributed by atoms with Crippen LogP contribution in [0.2, 0.25) is 0 Å². The van der Waals surface area contributed by atoms with E-state index in [4.69, 9.17) is 19.3 Å². The molecule has 0 fully saturated rings. The topological polar surface area (TPSA) is 86.5 Å². The van der Waals surface area contributed by atoms with E-state index in [9.17, 15) is 4.39 Å². The van der Waals surface area contributed by atoms with Crippen LogP contribution in [0, 0.1) is 5.82 Å². The molecule has 1 aromatic heterocycles. The van der Waals surface area contributed by atoms with Crippen LogP contribution in [0.1, 0.15) is 89.1 Å². The lowest BCUT2D eigenvalue weighted by molar-refractivity contribution is -0.106. The van der Waals surface area contributed by atoms with Crippen LogP contribution in [0.25, 0.3) is 17.3 Å². The number of ether oxygens (including phenoxy) is 2. The Balaban J connectivity index is 0.000000717. The smallest absolute Gasteiger partial charge is 0.204 e. The number of hydrogen-bond donors (Lipinski definition) is 2. The van der Waals surface area contributed by atoms with E-state index in [-0.39, 0.29) is 18.3 Å². The van der Waals surface area contributed by atoms with Gasteiger partial charge in [0.25, 0.3) is 0 Å². The maximum Gasteiger partial charge on any atom is 0.204 e. The molecule has 0 bridgehead atoms. The number of aromatic nitrogens is 1. The molecule has 1 aliphatic heterocycles. The quantitative estimate of drug-likeness (QED) is 0.188. The zero-order valence-corrected chi connectivity index (χ0v) is 28.1. The zero-order valence-electron chi connectivity index (χ0n) is 28.1. The first-order valence-electron chi connectivity index (χ1n) is 15.3. The highest BCUT2D eigenvalue weighted by Gasteiger charge is 2.25. The van der Waals surface area contributed by atoms with Gasteiger partial charge in [0.05, 0.1) is 12.7 Å². The van der Waals surface area contributed by atoms with Gasteiger partial charge in [0.2, 0.25) is 6.41 Å². The molecule has 0 aliphatic carbocycles. The molecule has 2 atom stereocenters. The maximum absolute atomic E-state index is 13.1. The van der Waals surface area contributed by atoms with Gasteiger partial charge in [-0.15, -0.1) is 13.2 Å². The molecule has 2 unspecified atom stereocenters. The lowest BCUT2D eigenvalue weighted by Gasteiger charge is -2.18. The number of halogens is 1. The second kappa shape index (κ2) is 22.6. The predicted molar refractivity (Wildman–Crippen MR) is 185 cm³/mol. The molecule has 2 heterocycles. The van der Waals surface area contributed by atoms with Gasteiger partial charge in [-0.2, -0.15) is 0 Å². The lowest BCUT2D eigenvalue weighted by Crippen LogP contribution is -2.11. The van der Waals surface area contributed by atoms with Crippen molar-refractivity contribution < 1.29 is 18.7 Å². The second-order valence-corrected chi connectivity index (χ2v) is 10.1. The Morgan fingerprint density at radius 3 is 2.27 bits per heavy atom. The molecule has 4 rings (SSSR count). The summed E-state index contributed by atoms with van der Waals surface area (Å²) in [5.41, 5.74) is 10.5. The van der Waals surface area contributed by atoms with Gasteiger partial charge >= 0.3 is 0 Å². The minimum Gasteiger partial charge on any atom is -0.490 e. The number of nitrogens with two attached hydrogens (primary N) is 1. The number of amides is 1. The van der Waals surface area contributed by atoms with Crippen LogP contribution in [-0.2, 0) is 11.2 Å². The summed E-state index contributed by atoms with van der Waals surface area (Å²) in [5.74, 6) is 2.46. The van der Waals surface area contributed by atoms with Crippen molar-refractivity contribution in [3.05, 3.63) is 96.5 Å². The summed E-state index contributed by atoms with van der Waals surface area (Å²) >= 11 is 0. The van der Waals surface area contributed by atoms with Crippen LogP contribution in [0.3, 0.4) is 0 Å². The third-order valence-electron chi connectivity index (χ3n) is 6.61. The molecule has 0 saturated heterocycles. The monoisotopic (exact) mass is 607 g/mol. The highest BCUT2D eigenvalue weighted by Crippen LogP contribution is 2.41. The number of nitrogens with one attached hydrogen (secondary N) is 1. The number of nitrogens with zero attached hydrogens (tertiary/aromatic N) is 1. The summed E-state index contributed by atoms with van der Waals surface area (Å²) in [6.45, 7) is 26.1. The summed E-state index contributed by atoms with van der Waals surface area (Å²) in [5, 5.41) is 3.14. The molecular formula is C37H54FN3O3. The Bertz CT molecular complexity index is 1250. The third kappa shape index (κ3) is 12.7. The van der Waals surface area contributed by atoms with Crippen molar-refractivity contribution in [1.29, 1.82) is 0 Å². The van der Waals surface area contributed by atoms with Crippen molar-refractivity contribution >= 4 is 12.5 Å². The fraction of sp³-hybridized carbons (Fsp3) is 0.405. The standard InChI is InChI=1S/C17H19FN2O.C15H22O.C2H6.C2H4.CH3NO/c1-11-10-21-17-15(11)9-14(7-8-19-2)20-16(17)12-3-5-13(18)6-4-12;1-6-12(5)16-15-9-8-13(7-2)10-14(15)11(3)4;2*1-2;2-1-3/h3-6,9,11,19H,7-8,10H2,1-2H3;7-12H,2,6H2,1,3-5H3;1-2H3;1-2H2;1H,(H2,2,3). The van der Waals surface area contributed by atoms with Crippen molar-refractivity contribution in [3.63, 3.8) is 0 Å². The summed E-state index contributed by atoms with van der Waals surface area (Å²) in [6, 6.07) is 14.8. The van der Waals surface area contributed by atoms with Crippen LogP contribution < -0.4 is 20.5 Å². The van der Waals surface area contributed by atoms with Gasteiger partial charge in [-0.25, -0.2) is 9.37 Å². The number of carbonyl (C=O) groups excluding carboxylic acids is 1. The Morgan fingerprint density at radius 1 is 1.14 bits per heavy atom. The van der Waals surface area contributed by atoms with Crippen molar-refractivity contribution in [3.8, 4) is 22.8 Å². The molecule has 2 aromatic carbocycles. The molecule has 6 nitrogen and oxygen atoms in total. The molecule has 3 N–H and O–H groups in total. The Labute approximate surface area is 265 Å². The van der Waals surface area contributed by atoms with Gasteiger partial charge in [0.15, 0.2) is 0 Å². The zero-order chi connectivity index (χ0) is 33.7. The maximum atomic E-state index is 13.1. The van der Waals surface area contributed by atoms with Gasteiger partial charge < -0.3 is 20.5 Å². The summed E-state index contributed by atoms with van der Waals surface area (Å²) in [4.78, 5) is 13.3. The van der Waals surface area contributed by atoms with Crippen LogP contribution >= 0.6 is 0 Å². The molecule has 0 spiro atoms. The molecule has 1 amide bonds. The average molecular weight is 608 g/mol. The van der Waals surface area contributed by atoms with E-state index in [0.717, 1.165) is 53.4 Å². The first kappa shape index (κ1) is 40.0. The largest absolute Gasteiger partial charge is 0.490 e. The minimum atomic E-state index is -0.240. The van der Waals surface area contributed by atoms with Crippen molar-refractivity contribution in [2.45, 2.75) is 79.2 Å². The van der Waals surface area contributed by atoms with Crippen molar-refractivity contribution in [2.75, 3.05) is 20.2 Å². The van der Waals surface area contributed by atoms with Crippen molar-refractivity contribution in [2.24, 2.45) is 5.73 Å². The Morgan fingerprint density at radius 2 is 1.75 bits per heavy atom. The number of hydrogen-bond acceptors (Lipinski definition) is 5. The molecule has 1 aliphatic rings. The summed E-state index contributed by atoms with van der Waals surface area (Å²) in [7, 11) is 1.93. The van der Waals surface area contributed by atoms with E-state index in [0.29, 0.717) is 18.4 Å². The number of rotatable bonds is 9. The van der Waals surface area contributed by atoms with Crippen LogP contribution in [0.5, 0.6) is 11.5 Å². The van der Waals surface area contributed by atoms with Gasteiger partial charge in [-0.3, -0.25) is 4.79 Å². The van der Waals surface area contributed by atoms with Crippen LogP contribution in [-0.4, -0.2) is 37.7 Å². The van der Waals surface area contributed by atoms with Gasteiger partial charge in [-0.05, 0) is 79.9 Å². The average Bonchev–Trinajstić information content (AvgIpc) is 3.42. The first-order valence-corrected chi connectivity index (χ1v) is 15.3.